The first-order valence-corrected chi connectivity index (χ1v) is 8.60. The number of likely N-dealkylation sites (N-methyl/N-ethyl adjacent to an activating group) is 1. The van der Waals surface area contributed by atoms with Crippen LogP contribution >= 0.6 is 0 Å². The Labute approximate surface area is 129 Å². The predicted molar refractivity (Wildman–Crippen MR) is 88.5 cm³/mol. The standard InChI is InChI=1S/C18H31N3/c1-5-20-8-6-7-14(20)12-21-13(2)9-15-16(19)10-18(3,4)11-17(15)21/h9,14,16H,5-8,10-12,19H2,1-4H3. The number of hydrogen-bond donors (Lipinski definition) is 1. The molecule has 2 N–H and O–H groups in total. The van der Waals surface area contributed by atoms with Crippen molar-refractivity contribution in [3.63, 3.8) is 0 Å². The van der Waals surface area contributed by atoms with Crippen LogP contribution in [0.1, 0.15) is 63.0 Å². The quantitative estimate of drug-likeness (QED) is 0.927. The van der Waals surface area contributed by atoms with Crippen molar-refractivity contribution in [2.75, 3.05) is 13.1 Å². The topological polar surface area (TPSA) is 34.2 Å². The minimum absolute atomic E-state index is 0.217. The fourth-order valence-electron chi connectivity index (χ4n) is 4.49. The molecule has 0 spiro atoms. The SMILES string of the molecule is CCN1CCCC1Cn1c(C)cc2c1CC(C)(C)CC2N. The van der Waals surface area contributed by atoms with Crippen LogP contribution in [0.4, 0.5) is 0 Å². The Hall–Kier alpha value is -0.800. The van der Waals surface area contributed by atoms with Crippen molar-refractivity contribution in [3.05, 3.63) is 23.0 Å². The van der Waals surface area contributed by atoms with Gasteiger partial charge in [0.1, 0.15) is 0 Å². The molecule has 0 radical (unpaired) electrons. The zero-order chi connectivity index (χ0) is 15.2. The Morgan fingerprint density at radius 3 is 2.86 bits per heavy atom. The van der Waals surface area contributed by atoms with Crippen LogP contribution in [-0.2, 0) is 13.0 Å². The van der Waals surface area contributed by atoms with Gasteiger partial charge in [-0.05, 0) is 62.7 Å². The zero-order valence-corrected chi connectivity index (χ0v) is 14.2. The summed E-state index contributed by atoms with van der Waals surface area (Å²) < 4.78 is 2.58. The maximum absolute atomic E-state index is 6.44. The van der Waals surface area contributed by atoms with Gasteiger partial charge < -0.3 is 10.3 Å². The van der Waals surface area contributed by atoms with Crippen LogP contribution in [0.15, 0.2) is 6.07 Å². The summed E-state index contributed by atoms with van der Waals surface area (Å²) in [6.45, 7) is 12.9. The van der Waals surface area contributed by atoms with Gasteiger partial charge in [0.05, 0.1) is 0 Å². The fourth-order valence-corrected chi connectivity index (χ4v) is 4.49. The minimum atomic E-state index is 0.217. The number of rotatable bonds is 3. The van der Waals surface area contributed by atoms with Crippen LogP contribution in [0.5, 0.6) is 0 Å². The van der Waals surface area contributed by atoms with E-state index in [1.807, 2.05) is 0 Å². The summed E-state index contributed by atoms with van der Waals surface area (Å²) in [4.78, 5) is 2.64. The fraction of sp³-hybridized carbons (Fsp3) is 0.778. The smallest absolute Gasteiger partial charge is 0.0381 e. The molecular formula is C18H31N3. The van der Waals surface area contributed by atoms with E-state index >= 15 is 0 Å². The van der Waals surface area contributed by atoms with E-state index in [2.05, 4.69) is 43.2 Å². The third-order valence-corrected chi connectivity index (χ3v) is 5.57. The lowest BCUT2D eigenvalue weighted by atomic mass is 9.74. The first kappa shape index (κ1) is 15.1. The molecule has 1 saturated heterocycles. The van der Waals surface area contributed by atoms with Gasteiger partial charge >= 0.3 is 0 Å². The molecule has 1 aromatic heterocycles. The largest absolute Gasteiger partial charge is 0.347 e. The molecule has 1 fully saturated rings. The number of nitrogens with two attached hydrogens (primary N) is 1. The van der Waals surface area contributed by atoms with Crippen LogP contribution in [0.25, 0.3) is 0 Å². The van der Waals surface area contributed by atoms with E-state index in [0.29, 0.717) is 11.5 Å². The second kappa shape index (κ2) is 5.44. The highest BCUT2D eigenvalue weighted by atomic mass is 15.2. The Balaban J connectivity index is 1.90. The van der Waals surface area contributed by atoms with Crippen molar-refractivity contribution in [1.29, 1.82) is 0 Å². The highest BCUT2D eigenvalue weighted by Gasteiger charge is 2.34. The van der Waals surface area contributed by atoms with Crippen LogP contribution in [0, 0.1) is 12.3 Å². The van der Waals surface area contributed by atoms with Gasteiger partial charge in [0.25, 0.3) is 0 Å². The number of nitrogens with zero attached hydrogens (tertiary/aromatic N) is 2. The lowest BCUT2D eigenvalue weighted by molar-refractivity contribution is 0.233. The van der Waals surface area contributed by atoms with E-state index in [9.17, 15) is 0 Å². The molecule has 0 aromatic carbocycles. The molecule has 2 unspecified atom stereocenters. The summed E-state index contributed by atoms with van der Waals surface area (Å²) in [6, 6.07) is 3.28. The van der Waals surface area contributed by atoms with E-state index in [4.69, 9.17) is 5.73 Å². The monoisotopic (exact) mass is 289 g/mol. The maximum atomic E-state index is 6.44. The van der Waals surface area contributed by atoms with Crippen molar-refractivity contribution >= 4 is 0 Å². The predicted octanol–water partition coefficient (Wildman–Crippen LogP) is 3.25. The highest BCUT2D eigenvalue weighted by Crippen LogP contribution is 2.41. The van der Waals surface area contributed by atoms with Gasteiger partial charge in [0.2, 0.25) is 0 Å². The Bertz CT molecular complexity index is 515. The Morgan fingerprint density at radius 2 is 2.14 bits per heavy atom. The van der Waals surface area contributed by atoms with Crippen molar-refractivity contribution in [1.82, 2.24) is 9.47 Å². The summed E-state index contributed by atoms with van der Waals surface area (Å²) in [5, 5.41) is 0. The molecule has 3 heteroatoms. The minimum Gasteiger partial charge on any atom is -0.347 e. The van der Waals surface area contributed by atoms with Gasteiger partial charge in [0, 0.05) is 30.0 Å². The number of aromatic nitrogens is 1. The van der Waals surface area contributed by atoms with E-state index in [1.54, 1.807) is 0 Å². The van der Waals surface area contributed by atoms with Crippen molar-refractivity contribution in [2.24, 2.45) is 11.1 Å². The molecule has 2 atom stereocenters. The van der Waals surface area contributed by atoms with Crippen molar-refractivity contribution < 1.29 is 0 Å². The van der Waals surface area contributed by atoms with Gasteiger partial charge in [-0.1, -0.05) is 20.8 Å². The van der Waals surface area contributed by atoms with Crippen molar-refractivity contribution in [3.8, 4) is 0 Å². The van der Waals surface area contributed by atoms with Crippen LogP contribution in [0.3, 0.4) is 0 Å². The summed E-state index contributed by atoms with van der Waals surface area (Å²) in [7, 11) is 0. The third kappa shape index (κ3) is 2.78. The average molecular weight is 289 g/mol. The van der Waals surface area contributed by atoms with E-state index in [-0.39, 0.29) is 6.04 Å². The molecule has 1 aromatic rings. The van der Waals surface area contributed by atoms with Gasteiger partial charge in [-0.15, -0.1) is 0 Å². The van der Waals surface area contributed by atoms with E-state index < -0.39 is 0 Å². The van der Waals surface area contributed by atoms with Gasteiger partial charge in [-0.3, -0.25) is 4.90 Å². The van der Waals surface area contributed by atoms with Crippen LogP contribution < -0.4 is 5.73 Å². The summed E-state index contributed by atoms with van der Waals surface area (Å²) >= 11 is 0. The average Bonchev–Trinajstić information content (AvgIpc) is 2.96. The normalized spacial score (nSPS) is 28.8. The molecule has 1 aliphatic heterocycles. The molecule has 118 valence electrons. The van der Waals surface area contributed by atoms with Gasteiger partial charge in [-0.25, -0.2) is 0 Å². The Morgan fingerprint density at radius 1 is 1.38 bits per heavy atom. The second-order valence-corrected chi connectivity index (χ2v) is 7.87. The molecule has 2 aliphatic rings. The molecule has 0 amide bonds. The lowest BCUT2D eigenvalue weighted by Crippen LogP contribution is -2.35. The molecule has 3 nitrogen and oxygen atoms in total. The first-order chi connectivity index (χ1) is 9.91. The molecule has 0 bridgehead atoms. The van der Waals surface area contributed by atoms with Crippen molar-refractivity contribution in [2.45, 2.75) is 72.0 Å². The number of likely N-dealkylation sites (tertiary alicyclic amines) is 1. The molecule has 1 aliphatic carbocycles. The molecule has 3 rings (SSSR count). The summed E-state index contributed by atoms with van der Waals surface area (Å²) in [6.07, 6.45) is 4.97. The summed E-state index contributed by atoms with van der Waals surface area (Å²) in [5.41, 5.74) is 11.1. The van der Waals surface area contributed by atoms with Gasteiger partial charge in [0.15, 0.2) is 0 Å². The maximum Gasteiger partial charge on any atom is 0.0381 e. The van der Waals surface area contributed by atoms with Gasteiger partial charge in [-0.2, -0.15) is 0 Å². The molecule has 21 heavy (non-hydrogen) atoms. The lowest BCUT2D eigenvalue weighted by Gasteiger charge is -2.35. The first-order valence-electron chi connectivity index (χ1n) is 8.60. The zero-order valence-electron chi connectivity index (χ0n) is 14.2. The van der Waals surface area contributed by atoms with Crippen LogP contribution in [0.2, 0.25) is 0 Å². The van der Waals surface area contributed by atoms with E-state index in [0.717, 1.165) is 13.0 Å². The van der Waals surface area contributed by atoms with E-state index in [1.165, 1.54) is 49.3 Å². The number of fused-ring (bicyclic) bond motifs is 1. The molecule has 0 saturated carbocycles. The van der Waals surface area contributed by atoms with Crippen LogP contribution in [-0.4, -0.2) is 28.6 Å². The third-order valence-electron chi connectivity index (χ3n) is 5.57. The summed E-state index contributed by atoms with van der Waals surface area (Å²) in [5.74, 6) is 0. The number of aryl methyl sites for hydroxylation is 1. The number of hydrogen-bond acceptors (Lipinski definition) is 2. The molecular weight excluding hydrogens is 258 g/mol. The highest BCUT2D eigenvalue weighted by molar-refractivity contribution is 5.34. The second-order valence-electron chi connectivity index (χ2n) is 7.87. The molecule has 2 heterocycles. The Kier molecular flexibility index (Phi) is 3.91.